The van der Waals surface area contributed by atoms with Gasteiger partial charge in [0.05, 0.1) is 12.9 Å². The Labute approximate surface area is 177 Å². The molecule has 0 aromatic carbocycles. The van der Waals surface area contributed by atoms with Gasteiger partial charge in [0.2, 0.25) is 13.7 Å². The minimum atomic E-state index is -5.43. The van der Waals surface area contributed by atoms with Crippen molar-refractivity contribution in [2.75, 3.05) is 12.3 Å². The highest BCUT2D eigenvalue weighted by Crippen LogP contribution is 2.55. The number of aromatic nitrogens is 6. The van der Waals surface area contributed by atoms with E-state index in [2.05, 4.69) is 28.8 Å². The number of anilines is 1. The number of imidazole rings is 2. The third-order valence-corrected chi connectivity index (χ3v) is 7.33. The van der Waals surface area contributed by atoms with Crippen LogP contribution >= 0.6 is 15.6 Å². The predicted octanol–water partition coefficient (Wildman–Crippen LogP) is -2.96. The van der Waals surface area contributed by atoms with Gasteiger partial charge in [0, 0.05) is 12.4 Å². The number of hydrogen-bond acceptors (Lipinski definition) is 14. The summed E-state index contributed by atoms with van der Waals surface area (Å²) in [4.78, 5) is 49.2. The number of phosphoric ester groups is 1. The van der Waals surface area contributed by atoms with Crippen LogP contribution in [0.3, 0.4) is 0 Å². The maximum absolute atomic E-state index is 11.9. The molecule has 0 spiro atoms. The lowest BCUT2D eigenvalue weighted by atomic mass is 10.1. The fourth-order valence-corrected chi connectivity index (χ4v) is 5.26. The molecule has 32 heavy (non-hydrogen) atoms. The zero-order valence-corrected chi connectivity index (χ0v) is 17.5. The molecular weight excluding hydrogens is 476 g/mol. The molecule has 0 amide bonds. The van der Waals surface area contributed by atoms with Crippen molar-refractivity contribution in [1.29, 1.82) is 0 Å². The van der Waals surface area contributed by atoms with Crippen LogP contribution in [0.25, 0.3) is 11.2 Å². The number of aliphatic hydroxyl groups excluding tert-OH is 2. The number of phosphoric acid groups is 1. The Bertz CT molecular complexity index is 1280. The van der Waals surface area contributed by atoms with Crippen LogP contribution in [-0.2, 0) is 22.7 Å². The summed E-state index contributed by atoms with van der Waals surface area (Å²) >= 11 is 0. The van der Waals surface area contributed by atoms with E-state index in [4.69, 9.17) is 10.5 Å². The number of nitrogens with one attached hydrogen (secondary N) is 1. The molecule has 4 unspecified atom stereocenters. The monoisotopic (exact) mass is 491 g/mol. The molecule has 5 N–H and O–H groups in total. The highest BCUT2D eigenvalue weighted by molar-refractivity contribution is 7.61. The van der Waals surface area contributed by atoms with E-state index in [9.17, 15) is 33.9 Å². The Balaban J connectivity index is 1.48. The van der Waals surface area contributed by atoms with Crippen molar-refractivity contribution in [2.45, 2.75) is 24.5 Å². The van der Waals surface area contributed by atoms with Crippen molar-refractivity contribution in [3.05, 3.63) is 35.4 Å². The normalized spacial score (nSPS) is 27.4. The summed E-state index contributed by atoms with van der Waals surface area (Å²) < 4.78 is 39.5. The number of nitrogens with zero attached hydrogens (tertiary/aromatic N) is 5. The van der Waals surface area contributed by atoms with Gasteiger partial charge < -0.3 is 35.0 Å². The first-order valence-electron chi connectivity index (χ1n) is 8.69. The average Bonchev–Trinajstić information content (AvgIpc) is 3.41. The van der Waals surface area contributed by atoms with Gasteiger partial charge in [0.1, 0.15) is 24.6 Å². The lowest BCUT2D eigenvalue weighted by molar-refractivity contribution is -0.235. The fourth-order valence-electron chi connectivity index (χ4n) is 2.98. The van der Waals surface area contributed by atoms with E-state index in [1.54, 1.807) is 0 Å². The third-order valence-electron chi connectivity index (χ3n) is 4.44. The average molecular weight is 491 g/mol. The van der Waals surface area contributed by atoms with E-state index in [-0.39, 0.29) is 17.1 Å². The molecule has 1 aliphatic rings. The fraction of sp³-hybridized carbons (Fsp3) is 0.385. The maximum atomic E-state index is 11.9. The second-order valence-electron chi connectivity index (χ2n) is 6.56. The van der Waals surface area contributed by atoms with Gasteiger partial charge in [0.25, 0.3) is 13.4 Å². The zero-order chi connectivity index (χ0) is 23.3. The van der Waals surface area contributed by atoms with Crippen molar-refractivity contribution in [2.24, 2.45) is 0 Å². The van der Waals surface area contributed by atoms with E-state index in [1.165, 1.54) is 0 Å². The molecule has 17 nitrogen and oxygen atoms in total. The molecule has 4 heterocycles. The molecule has 3 aromatic heterocycles. The molecule has 1 saturated heterocycles. The van der Waals surface area contributed by atoms with E-state index in [0.29, 0.717) is 4.34 Å². The summed E-state index contributed by atoms with van der Waals surface area (Å²) in [5.41, 5.74) is 4.68. The van der Waals surface area contributed by atoms with Gasteiger partial charge in [-0.25, -0.2) is 9.97 Å². The van der Waals surface area contributed by atoms with Gasteiger partial charge in [0.15, 0.2) is 17.4 Å². The number of H-pyrrole nitrogens is 1. The quantitative estimate of drug-likeness (QED) is 0.241. The Morgan fingerprint density at radius 2 is 2.03 bits per heavy atom. The highest BCUT2D eigenvalue weighted by Gasteiger charge is 2.45. The first-order valence-corrected chi connectivity index (χ1v) is 11.6. The predicted molar refractivity (Wildman–Crippen MR) is 98.4 cm³/mol. The third kappa shape index (κ3) is 4.25. The molecule has 1 fully saturated rings. The zero-order valence-electron chi connectivity index (χ0n) is 15.7. The van der Waals surface area contributed by atoms with Crippen LogP contribution < -0.4 is 21.1 Å². The molecule has 0 aliphatic carbocycles. The van der Waals surface area contributed by atoms with Gasteiger partial charge in [-0.15, -0.1) is 0 Å². The van der Waals surface area contributed by atoms with Crippen LogP contribution in [0.5, 0.6) is 0 Å². The summed E-state index contributed by atoms with van der Waals surface area (Å²) in [6.45, 7) is -0.901. The van der Waals surface area contributed by atoms with Gasteiger partial charge in [-0.1, -0.05) is 0 Å². The number of ether oxygens (including phenoxy) is 1. The van der Waals surface area contributed by atoms with Crippen LogP contribution in [0.4, 0.5) is 5.95 Å². The maximum Gasteiger partial charge on any atom is 0.280 e. The highest BCUT2D eigenvalue weighted by atomic mass is 31.3. The Morgan fingerprint density at radius 3 is 2.72 bits per heavy atom. The second-order valence-corrected chi connectivity index (χ2v) is 9.76. The SMILES string of the molecule is Nc1nc2c(ncn2[C@@H]2O[C@H](COP(=O)([O-])OP(=O)([O-])n3ccnc3)C(O)C2O)c(=O)[nH]1. The number of nitrogen functional groups attached to an aromatic ring is 1. The van der Waals surface area contributed by atoms with Crippen LogP contribution in [0, 0.1) is 0 Å². The van der Waals surface area contributed by atoms with Crippen molar-refractivity contribution in [3.8, 4) is 0 Å². The van der Waals surface area contributed by atoms with E-state index in [0.717, 1.165) is 29.6 Å². The Morgan fingerprint density at radius 1 is 1.28 bits per heavy atom. The van der Waals surface area contributed by atoms with Gasteiger partial charge in [-0.3, -0.25) is 32.1 Å². The minimum absolute atomic E-state index is 0.0606. The Hall–Kier alpha value is -2.46. The molecule has 3 aromatic rings. The van der Waals surface area contributed by atoms with Crippen molar-refractivity contribution in [3.63, 3.8) is 0 Å². The van der Waals surface area contributed by atoms with Crippen molar-refractivity contribution < 1.29 is 42.7 Å². The first kappa shape index (κ1) is 22.7. The molecule has 174 valence electrons. The molecule has 0 saturated carbocycles. The first-order chi connectivity index (χ1) is 15.0. The van der Waals surface area contributed by atoms with Crippen molar-refractivity contribution >= 4 is 32.7 Å². The van der Waals surface area contributed by atoms with Gasteiger partial charge in [-0.2, -0.15) is 4.98 Å². The molecule has 4 rings (SSSR count). The summed E-state index contributed by atoms with van der Waals surface area (Å²) in [5, 5.41) is 20.6. The largest absolute Gasteiger partial charge is 0.761 e. The van der Waals surface area contributed by atoms with Gasteiger partial charge >= 0.3 is 0 Å². The van der Waals surface area contributed by atoms with Gasteiger partial charge in [-0.05, 0) is 0 Å². The van der Waals surface area contributed by atoms with Crippen molar-refractivity contribution in [1.82, 2.24) is 28.8 Å². The summed E-state index contributed by atoms with van der Waals surface area (Å²) in [5.74, 6) is -0.235. The molecule has 6 atom stereocenters. The lowest BCUT2D eigenvalue weighted by Crippen LogP contribution is -2.34. The van der Waals surface area contributed by atoms with E-state index < -0.39 is 52.3 Å². The van der Waals surface area contributed by atoms with Crippen LogP contribution in [-0.4, -0.2) is 64.0 Å². The number of aromatic amines is 1. The Kier molecular flexibility index (Phi) is 5.79. The number of rotatable bonds is 7. The summed E-state index contributed by atoms with van der Waals surface area (Å²) in [6.07, 6.45) is -2.12. The molecular formula is C13H15N7O10P2-2. The number of aliphatic hydroxyl groups is 2. The number of fused-ring (bicyclic) bond motifs is 1. The van der Waals surface area contributed by atoms with Crippen LogP contribution in [0.15, 0.2) is 29.8 Å². The topological polar surface area (TPSA) is 256 Å². The number of hydrogen-bond donors (Lipinski definition) is 4. The standard InChI is InChI=1S/C13H17N7O10P2/c14-13-17-10-7(11(23)18-13)16-5-20(10)12-9(22)8(21)6(29-12)3-28-32(26,27)30-31(24,25)19-2-1-15-4-19/h1-2,4-6,8-9,12,21-22H,3H2,(H,24,25)(H,26,27)(H3,14,17,18,23)/p-2/t6-,8?,9?,12-/m1/s1. The summed E-state index contributed by atoms with van der Waals surface area (Å²) in [7, 11) is -10.5. The lowest BCUT2D eigenvalue weighted by Gasteiger charge is -2.32. The number of nitrogens with two attached hydrogens (primary N) is 1. The summed E-state index contributed by atoms with van der Waals surface area (Å²) in [6, 6.07) is 0. The van der Waals surface area contributed by atoms with Crippen LogP contribution in [0.1, 0.15) is 6.23 Å². The minimum Gasteiger partial charge on any atom is -0.761 e. The second kappa shape index (κ2) is 8.15. The molecule has 0 bridgehead atoms. The molecule has 1 aliphatic heterocycles. The van der Waals surface area contributed by atoms with E-state index in [1.807, 2.05) is 0 Å². The van der Waals surface area contributed by atoms with E-state index >= 15 is 0 Å². The smallest absolute Gasteiger partial charge is 0.280 e. The molecule has 0 radical (unpaired) electrons. The van der Waals surface area contributed by atoms with Crippen LogP contribution in [0.2, 0.25) is 0 Å². The molecule has 19 heteroatoms.